The minimum absolute atomic E-state index is 0.257. The van der Waals surface area contributed by atoms with Crippen LogP contribution < -0.4 is 4.90 Å². The van der Waals surface area contributed by atoms with E-state index >= 15 is 0 Å². The van der Waals surface area contributed by atoms with Crippen LogP contribution in [0.4, 0.5) is 10.5 Å². The second kappa shape index (κ2) is 5.79. The summed E-state index contributed by atoms with van der Waals surface area (Å²) in [5, 5.41) is 4.46. The molecule has 1 aromatic heterocycles. The number of morpholine rings is 1. The van der Waals surface area contributed by atoms with Gasteiger partial charge in [0.05, 0.1) is 43.9 Å². The third-order valence-electron chi connectivity index (χ3n) is 3.85. The summed E-state index contributed by atoms with van der Waals surface area (Å²) in [7, 11) is 0. The Morgan fingerprint density at radius 3 is 2.64 bits per heavy atom. The van der Waals surface area contributed by atoms with Gasteiger partial charge >= 0.3 is 6.09 Å². The van der Waals surface area contributed by atoms with Crippen LogP contribution in [-0.4, -0.2) is 59.2 Å². The average Bonchev–Trinajstić information content (AvgIpc) is 2.89. The molecule has 0 N–H and O–H groups in total. The summed E-state index contributed by atoms with van der Waals surface area (Å²) in [5.74, 6) is 0. The van der Waals surface area contributed by atoms with Crippen molar-refractivity contribution in [1.29, 1.82) is 0 Å². The lowest BCUT2D eigenvalue weighted by atomic mass is 10.2. The van der Waals surface area contributed by atoms with Crippen molar-refractivity contribution in [3.8, 4) is 0 Å². The number of hydrogen-bond acceptors (Lipinski definition) is 5. The maximum absolute atomic E-state index is 12.3. The van der Waals surface area contributed by atoms with Gasteiger partial charge in [-0.05, 0) is 20.8 Å². The fraction of sp³-hybridized carbons (Fsp3) is 0.733. The number of hydrogen-bond donors (Lipinski definition) is 0. The first-order valence-electron chi connectivity index (χ1n) is 7.79. The lowest BCUT2D eigenvalue weighted by Gasteiger charge is -2.33. The third-order valence-corrected chi connectivity index (χ3v) is 3.85. The van der Waals surface area contributed by atoms with E-state index in [9.17, 15) is 4.79 Å². The van der Waals surface area contributed by atoms with Gasteiger partial charge in [-0.2, -0.15) is 5.10 Å². The molecule has 7 nitrogen and oxygen atoms in total. The molecule has 0 aliphatic carbocycles. The molecule has 0 bridgehead atoms. The normalized spacial score (nSPS) is 19.0. The molecule has 0 spiro atoms. The summed E-state index contributed by atoms with van der Waals surface area (Å²) < 4.78 is 12.9. The molecule has 0 atom stereocenters. The number of ether oxygens (including phenoxy) is 2. The predicted octanol–water partition coefficient (Wildman–Crippen LogP) is 1.47. The van der Waals surface area contributed by atoms with E-state index in [4.69, 9.17) is 9.47 Å². The van der Waals surface area contributed by atoms with Crippen molar-refractivity contribution in [2.45, 2.75) is 39.5 Å². The SMILES string of the molecule is CC(C)(C)OC(=O)N1CCn2ncc(N3CCOCC3)c2C1. The van der Waals surface area contributed by atoms with Gasteiger partial charge in [0.25, 0.3) is 0 Å². The molecule has 0 radical (unpaired) electrons. The van der Waals surface area contributed by atoms with E-state index in [1.165, 1.54) is 0 Å². The minimum Gasteiger partial charge on any atom is -0.444 e. The van der Waals surface area contributed by atoms with Gasteiger partial charge in [0.15, 0.2) is 0 Å². The molecule has 1 amide bonds. The number of carbonyl (C=O) groups is 1. The molecule has 2 aliphatic rings. The first-order chi connectivity index (χ1) is 10.4. The standard InChI is InChI=1S/C15H24N4O3/c1-15(2,3)22-14(20)18-4-5-19-13(11-18)12(10-16-19)17-6-8-21-9-7-17/h10H,4-9,11H2,1-3H3. The fourth-order valence-electron chi connectivity index (χ4n) is 2.78. The van der Waals surface area contributed by atoms with Gasteiger partial charge in [-0.1, -0.05) is 0 Å². The van der Waals surface area contributed by atoms with Crippen LogP contribution >= 0.6 is 0 Å². The number of nitrogens with zero attached hydrogens (tertiary/aromatic N) is 4. The number of rotatable bonds is 1. The molecule has 1 saturated heterocycles. The van der Waals surface area contributed by atoms with E-state index in [-0.39, 0.29) is 6.09 Å². The largest absolute Gasteiger partial charge is 0.444 e. The Kier molecular flexibility index (Phi) is 3.99. The average molecular weight is 308 g/mol. The molecule has 2 aliphatic heterocycles. The van der Waals surface area contributed by atoms with Crippen molar-refractivity contribution in [2.24, 2.45) is 0 Å². The molecule has 3 heterocycles. The molecule has 1 fully saturated rings. The first kappa shape index (κ1) is 15.1. The molecule has 0 saturated carbocycles. The fourth-order valence-corrected chi connectivity index (χ4v) is 2.78. The van der Waals surface area contributed by atoms with E-state index in [2.05, 4.69) is 10.00 Å². The zero-order valence-electron chi connectivity index (χ0n) is 13.5. The zero-order chi connectivity index (χ0) is 15.7. The molecule has 3 rings (SSSR count). The highest BCUT2D eigenvalue weighted by Crippen LogP contribution is 2.26. The monoisotopic (exact) mass is 308 g/mol. The van der Waals surface area contributed by atoms with Gasteiger partial charge in [-0.3, -0.25) is 4.68 Å². The number of amides is 1. The van der Waals surface area contributed by atoms with Crippen LogP contribution in [0, 0.1) is 0 Å². The highest BCUT2D eigenvalue weighted by atomic mass is 16.6. The summed E-state index contributed by atoms with van der Waals surface area (Å²) in [6.07, 6.45) is 1.65. The molecule has 0 unspecified atom stereocenters. The Morgan fingerprint density at radius 1 is 1.23 bits per heavy atom. The van der Waals surface area contributed by atoms with Crippen molar-refractivity contribution in [3.05, 3.63) is 11.9 Å². The van der Waals surface area contributed by atoms with E-state index in [0.717, 1.165) is 37.7 Å². The van der Waals surface area contributed by atoms with Crippen LogP contribution in [-0.2, 0) is 22.6 Å². The number of aromatic nitrogens is 2. The van der Waals surface area contributed by atoms with Gasteiger partial charge in [-0.15, -0.1) is 0 Å². The highest BCUT2D eigenvalue weighted by molar-refractivity contribution is 5.69. The van der Waals surface area contributed by atoms with Gasteiger partial charge in [0, 0.05) is 19.6 Å². The lowest BCUT2D eigenvalue weighted by Crippen LogP contribution is -2.43. The van der Waals surface area contributed by atoms with Gasteiger partial charge < -0.3 is 19.3 Å². The third kappa shape index (κ3) is 3.19. The Morgan fingerprint density at radius 2 is 1.95 bits per heavy atom. The molecule has 122 valence electrons. The zero-order valence-corrected chi connectivity index (χ0v) is 13.5. The summed E-state index contributed by atoms with van der Waals surface area (Å²) in [6, 6.07) is 0. The minimum atomic E-state index is -0.470. The summed E-state index contributed by atoms with van der Waals surface area (Å²) in [4.78, 5) is 16.3. The molecular formula is C15H24N4O3. The van der Waals surface area contributed by atoms with Gasteiger partial charge in [-0.25, -0.2) is 4.79 Å². The number of anilines is 1. The van der Waals surface area contributed by atoms with Crippen LogP contribution in [0.15, 0.2) is 6.20 Å². The second-order valence-corrected chi connectivity index (χ2v) is 6.70. The van der Waals surface area contributed by atoms with Crippen molar-refractivity contribution in [3.63, 3.8) is 0 Å². The predicted molar refractivity (Wildman–Crippen MR) is 81.9 cm³/mol. The Balaban J connectivity index is 1.74. The van der Waals surface area contributed by atoms with Crippen LogP contribution in [0.3, 0.4) is 0 Å². The molecule has 7 heteroatoms. The van der Waals surface area contributed by atoms with E-state index in [1.54, 1.807) is 4.90 Å². The maximum Gasteiger partial charge on any atom is 0.410 e. The first-order valence-corrected chi connectivity index (χ1v) is 7.79. The van der Waals surface area contributed by atoms with E-state index < -0.39 is 5.60 Å². The Labute approximate surface area is 130 Å². The van der Waals surface area contributed by atoms with E-state index in [1.807, 2.05) is 31.6 Å². The van der Waals surface area contributed by atoms with Crippen LogP contribution in [0.2, 0.25) is 0 Å². The summed E-state index contributed by atoms with van der Waals surface area (Å²) >= 11 is 0. The van der Waals surface area contributed by atoms with Crippen LogP contribution in [0.25, 0.3) is 0 Å². The maximum atomic E-state index is 12.3. The number of carbonyl (C=O) groups excluding carboxylic acids is 1. The lowest BCUT2D eigenvalue weighted by molar-refractivity contribution is 0.0194. The Bertz CT molecular complexity index is 543. The van der Waals surface area contributed by atoms with Gasteiger partial charge in [0.1, 0.15) is 5.60 Å². The molecule has 22 heavy (non-hydrogen) atoms. The van der Waals surface area contributed by atoms with Crippen molar-refractivity contribution in [2.75, 3.05) is 37.7 Å². The summed E-state index contributed by atoms with van der Waals surface area (Å²) in [5.41, 5.74) is 1.72. The van der Waals surface area contributed by atoms with Crippen LogP contribution in [0.1, 0.15) is 26.5 Å². The van der Waals surface area contributed by atoms with Crippen molar-refractivity contribution in [1.82, 2.24) is 14.7 Å². The quantitative estimate of drug-likeness (QED) is 0.786. The second-order valence-electron chi connectivity index (χ2n) is 6.70. The highest BCUT2D eigenvalue weighted by Gasteiger charge is 2.29. The Hall–Kier alpha value is -1.76. The topological polar surface area (TPSA) is 59.8 Å². The van der Waals surface area contributed by atoms with Crippen molar-refractivity contribution < 1.29 is 14.3 Å². The van der Waals surface area contributed by atoms with E-state index in [0.29, 0.717) is 19.6 Å². The molecule has 1 aromatic rings. The molecule has 0 aromatic carbocycles. The van der Waals surface area contributed by atoms with Crippen LogP contribution in [0.5, 0.6) is 0 Å². The smallest absolute Gasteiger partial charge is 0.410 e. The number of fused-ring (bicyclic) bond motifs is 1. The van der Waals surface area contributed by atoms with Gasteiger partial charge in [0.2, 0.25) is 0 Å². The molecular weight excluding hydrogens is 284 g/mol. The van der Waals surface area contributed by atoms with Crippen molar-refractivity contribution >= 4 is 11.8 Å². The summed E-state index contributed by atoms with van der Waals surface area (Å²) in [6.45, 7) is 10.7.